The van der Waals surface area contributed by atoms with Crippen LogP contribution in [0.2, 0.25) is 0 Å². The minimum absolute atomic E-state index is 0. The SMILES string of the molecule is CCCCCCC=CC#CC(=O)[O-].CCCCCCC=CC#CC(=O)[O-].[Zn+2]. The van der Waals surface area contributed by atoms with E-state index in [-0.39, 0.29) is 19.5 Å². The quantitative estimate of drug-likeness (QED) is 0.307. The van der Waals surface area contributed by atoms with Crippen molar-refractivity contribution in [3.05, 3.63) is 24.3 Å². The van der Waals surface area contributed by atoms with Crippen LogP contribution in [0.4, 0.5) is 0 Å². The van der Waals surface area contributed by atoms with Crippen LogP contribution in [0.1, 0.15) is 78.1 Å². The van der Waals surface area contributed by atoms with Crippen molar-refractivity contribution in [2.24, 2.45) is 0 Å². The predicted octanol–water partition coefficient (Wildman–Crippen LogP) is 2.53. The second-order valence-electron chi connectivity index (χ2n) is 5.62. The molecule has 5 heteroatoms. The minimum Gasteiger partial charge on any atom is -0.537 e. The van der Waals surface area contributed by atoms with Gasteiger partial charge in [0.2, 0.25) is 0 Å². The van der Waals surface area contributed by atoms with Crippen LogP contribution in [0.3, 0.4) is 0 Å². The number of aliphatic carboxylic acids is 2. The van der Waals surface area contributed by atoms with E-state index in [4.69, 9.17) is 0 Å². The Labute approximate surface area is 177 Å². The van der Waals surface area contributed by atoms with Crippen molar-refractivity contribution in [2.75, 3.05) is 0 Å². The van der Waals surface area contributed by atoms with Gasteiger partial charge in [0.15, 0.2) is 0 Å². The molecule has 0 spiro atoms. The van der Waals surface area contributed by atoms with Crippen LogP contribution >= 0.6 is 0 Å². The Morgan fingerprint density at radius 3 is 1.37 bits per heavy atom. The van der Waals surface area contributed by atoms with E-state index >= 15 is 0 Å². The molecule has 0 aliphatic carbocycles. The molecule has 0 aliphatic heterocycles. The van der Waals surface area contributed by atoms with Gasteiger partial charge in [-0.2, -0.15) is 0 Å². The maximum Gasteiger partial charge on any atom is 2.00 e. The molecule has 0 amide bonds. The molecule has 0 unspecified atom stereocenters. The molecule has 0 radical (unpaired) electrons. The Bertz CT molecular complexity index is 492. The molecule has 4 nitrogen and oxygen atoms in total. The van der Waals surface area contributed by atoms with Crippen LogP contribution in [0.25, 0.3) is 0 Å². The maximum absolute atomic E-state index is 9.85. The van der Waals surface area contributed by atoms with Crippen LogP contribution in [-0.4, -0.2) is 11.9 Å². The molecule has 0 saturated carbocycles. The maximum atomic E-state index is 9.85. The monoisotopic (exact) mass is 422 g/mol. The number of carboxylic acid groups (broad SMARTS) is 2. The number of unbranched alkanes of at least 4 members (excludes halogenated alkanes) is 8. The molecule has 0 atom stereocenters. The third-order valence-electron chi connectivity index (χ3n) is 3.20. The van der Waals surface area contributed by atoms with Gasteiger partial charge in [-0.1, -0.05) is 76.4 Å². The van der Waals surface area contributed by atoms with Crippen molar-refractivity contribution >= 4 is 11.9 Å². The summed E-state index contributed by atoms with van der Waals surface area (Å²) in [5, 5.41) is 19.7. The number of hydrogen-bond donors (Lipinski definition) is 0. The first-order chi connectivity index (χ1) is 12.5. The average molecular weight is 424 g/mol. The van der Waals surface area contributed by atoms with Gasteiger partial charge in [0, 0.05) is 0 Å². The summed E-state index contributed by atoms with van der Waals surface area (Å²) in [6.45, 7) is 4.34. The Balaban J connectivity index is -0.000000411. The van der Waals surface area contributed by atoms with E-state index in [0.29, 0.717) is 0 Å². The standard InChI is InChI=1S/2C11H16O2.Zn/c2*1-2-3-4-5-6-7-8-9-10-11(12)13;/h2*7-8H,2-6H2,1H3,(H,12,13);/q;;+2/p-2. The van der Waals surface area contributed by atoms with Gasteiger partial charge in [-0.05, 0) is 49.7 Å². The molecule has 0 bridgehead atoms. The Hall–Kier alpha value is -1.84. The Morgan fingerprint density at radius 2 is 1.07 bits per heavy atom. The fraction of sp³-hybridized carbons (Fsp3) is 0.545. The zero-order valence-corrected chi connectivity index (χ0v) is 19.7. The summed E-state index contributed by atoms with van der Waals surface area (Å²) < 4.78 is 0. The third kappa shape index (κ3) is 36.0. The molecule has 0 aromatic heterocycles. The summed E-state index contributed by atoms with van der Waals surface area (Å²) in [6, 6.07) is 0. The van der Waals surface area contributed by atoms with Crippen LogP contribution < -0.4 is 10.2 Å². The summed E-state index contributed by atoms with van der Waals surface area (Å²) in [7, 11) is 0. The van der Waals surface area contributed by atoms with Crippen LogP contribution in [-0.2, 0) is 29.1 Å². The molecule has 0 saturated heterocycles. The molecular weight excluding hydrogens is 394 g/mol. The van der Waals surface area contributed by atoms with E-state index in [1.165, 1.54) is 38.5 Å². The average Bonchev–Trinajstić information content (AvgIpc) is 2.60. The molecule has 0 rings (SSSR count). The van der Waals surface area contributed by atoms with Crippen molar-refractivity contribution in [3.63, 3.8) is 0 Å². The number of carbonyl (C=O) groups is 2. The van der Waals surface area contributed by atoms with Gasteiger partial charge in [0.25, 0.3) is 0 Å². The summed E-state index contributed by atoms with van der Waals surface area (Å²) in [5.74, 6) is 5.95. The van der Waals surface area contributed by atoms with Crippen molar-refractivity contribution in [1.82, 2.24) is 0 Å². The first-order valence-corrected chi connectivity index (χ1v) is 9.29. The summed E-state index contributed by atoms with van der Waals surface area (Å²) in [6.07, 6.45) is 18.6. The number of carboxylic acids is 2. The number of allylic oxidation sites excluding steroid dienone is 4. The molecule has 0 heterocycles. The molecule has 27 heavy (non-hydrogen) atoms. The normalized spacial score (nSPS) is 9.26. The van der Waals surface area contributed by atoms with E-state index < -0.39 is 11.9 Å². The molecule has 0 aromatic carbocycles. The van der Waals surface area contributed by atoms with Crippen LogP contribution in [0.5, 0.6) is 0 Å². The summed E-state index contributed by atoms with van der Waals surface area (Å²) in [4.78, 5) is 19.7. The Kier molecular flexibility index (Phi) is 29.2. The van der Waals surface area contributed by atoms with Crippen LogP contribution in [0, 0.1) is 23.7 Å². The topological polar surface area (TPSA) is 80.3 Å². The van der Waals surface area contributed by atoms with E-state index in [1.54, 1.807) is 12.2 Å². The summed E-state index contributed by atoms with van der Waals surface area (Å²) >= 11 is 0. The molecular formula is C22H30O4Zn. The van der Waals surface area contributed by atoms with E-state index in [9.17, 15) is 19.8 Å². The molecule has 0 aromatic rings. The van der Waals surface area contributed by atoms with Gasteiger partial charge >= 0.3 is 19.5 Å². The van der Waals surface area contributed by atoms with Gasteiger partial charge in [0.1, 0.15) is 11.9 Å². The van der Waals surface area contributed by atoms with Crippen LogP contribution in [0.15, 0.2) is 24.3 Å². The first kappa shape index (κ1) is 29.9. The van der Waals surface area contributed by atoms with Gasteiger partial charge < -0.3 is 19.8 Å². The number of carbonyl (C=O) groups excluding carboxylic acids is 2. The molecule has 0 aliphatic rings. The summed E-state index contributed by atoms with van der Waals surface area (Å²) in [5.41, 5.74) is 0. The number of hydrogen-bond acceptors (Lipinski definition) is 4. The van der Waals surface area contributed by atoms with E-state index in [0.717, 1.165) is 25.7 Å². The van der Waals surface area contributed by atoms with Crippen molar-refractivity contribution in [2.45, 2.75) is 78.1 Å². The zero-order valence-electron chi connectivity index (χ0n) is 16.7. The second-order valence-corrected chi connectivity index (χ2v) is 5.62. The predicted molar refractivity (Wildman–Crippen MR) is 101 cm³/mol. The fourth-order valence-electron chi connectivity index (χ4n) is 1.86. The zero-order chi connectivity index (χ0) is 19.9. The third-order valence-corrected chi connectivity index (χ3v) is 3.20. The smallest absolute Gasteiger partial charge is 0.537 e. The minimum atomic E-state index is -1.32. The van der Waals surface area contributed by atoms with Crippen molar-refractivity contribution in [3.8, 4) is 23.7 Å². The van der Waals surface area contributed by atoms with Gasteiger partial charge in [-0.3, -0.25) is 0 Å². The van der Waals surface area contributed by atoms with Gasteiger partial charge in [-0.25, -0.2) is 0 Å². The van der Waals surface area contributed by atoms with Gasteiger partial charge in [0.05, 0.1) is 0 Å². The molecule has 0 N–H and O–H groups in total. The van der Waals surface area contributed by atoms with E-state index in [2.05, 4.69) is 25.7 Å². The number of rotatable bonds is 10. The first-order valence-electron chi connectivity index (χ1n) is 9.29. The van der Waals surface area contributed by atoms with E-state index in [1.807, 2.05) is 24.0 Å². The molecule has 144 valence electrons. The van der Waals surface area contributed by atoms with Crippen molar-refractivity contribution in [1.29, 1.82) is 0 Å². The second kappa shape index (κ2) is 26.4. The Morgan fingerprint density at radius 1 is 0.704 bits per heavy atom. The fourth-order valence-corrected chi connectivity index (χ4v) is 1.86. The van der Waals surface area contributed by atoms with Crippen molar-refractivity contribution < 1.29 is 39.3 Å². The largest absolute Gasteiger partial charge is 2.00 e. The van der Waals surface area contributed by atoms with Gasteiger partial charge in [-0.15, -0.1) is 0 Å². The molecule has 0 fully saturated rings.